The second-order valence-electron chi connectivity index (χ2n) is 5.85. The average molecular weight is 377 g/mol. The van der Waals surface area contributed by atoms with Gasteiger partial charge in [-0.05, 0) is 30.3 Å². The number of rotatable bonds is 2. The maximum atomic E-state index is 13.3. The second kappa shape index (κ2) is 6.15. The number of halogens is 4. The highest BCUT2D eigenvalue weighted by molar-refractivity contribution is 5.94. The Morgan fingerprint density at radius 3 is 2.67 bits per heavy atom. The molecule has 1 aromatic carbocycles. The number of amides is 1. The summed E-state index contributed by atoms with van der Waals surface area (Å²) >= 11 is 0. The van der Waals surface area contributed by atoms with E-state index >= 15 is 0 Å². The Morgan fingerprint density at radius 1 is 1.11 bits per heavy atom. The highest BCUT2D eigenvalue weighted by Crippen LogP contribution is 2.36. The lowest BCUT2D eigenvalue weighted by atomic mass is 10.1. The maximum absolute atomic E-state index is 13.3. The lowest BCUT2D eigenvalue weighted by Gasteiger charge is -2.13. The van der Waals surface area contributed by atoms with Crippen LogP contribution in [0.4, 0.5) is 17.6 Å². The van der Waals surface area contributed by atoms with Crippen molar-refractivity contribution in [2.24, 2.45) is 0 Å². The summed E-state index contributed by atoms with van der Waals surface area (Å²) in [7, 11) is 0. The zero-order chi connectivity index (χ0) is 19.2. The van der Waals surface area contributed by atoms with Gasteiger partial charge >= 0.3 is 6.18 Å². The number of hydrogen-bond acceptors (Lipinski definition) is 4. The summed E-state index contributed by atoms with van der Waals surface area (Å²) in [6.07, 6.45) is -3.47. The van der Waals surface area contributed by atoms with E-state index in [4.69, 9.17) is 0 Å². The molecule has 0 saturated heterocycles. The minimum atomic E-state index is -4.76. The number of alkyl halides is 3. The Kier molecular flexibility index (Phi) is 3.90. The van der Waals surface area contributed by atoms with Crippen LogP contribution >= 0.6 is 0 Å². The Morgan fingerprint density at radius 2 is 1.93 bits per heavy atom. The van der Waals surface area contributed by atoms with Gasteiger partial charge in [0, 0.05) is 18.3 Å². The van der Waals surface area contributed by atoms with Crippen LogP contribution in [-0.2, 0) is 12.7 Å². The molecule has 0 aliphatic carbocycles. The topological polar surface area (TPSA) is 72.7 Å². The SMILES string of the molecule is O=C1NCCn2nc(-c3ccnc(-c4ccc(F)cc4C(F)(F)F)n3)cc21. The van der Waals surface area contributed by atoms with Crippen molar-refractivity contribution >= 4 is 5.91 Å². The fourth-order valence-corrected chi connectivity index (χ4v) is 2.84. The molecule has 3 heterocycles. The quantitative estimate of drug-likeness (QED) is 0.697. The molecular formula is C17H11F4N5O. The van der Waals surface area contributed by atoms with Crippen LogP contribution < -0.4 is 5.32 Å². The average Bonchev–Trinajstić information content (AvgIpc) is 3.07. The van der Waals surface area contributed by atoms with Crippen LogP contribution in [0.1, 0.15) is 16.1 Å². The van der Waals surface area contributed by atoms with Crippen molar-refractivity contribution in [2.75, 3.05) is 6.54 Å². The number of carbonyl (C=O) groups excluding carboxylic acids is 1. The summed E-state index contributed by atoms with van der Waals surface area (Å²) in [5.41, 5.74) is -0.571. The van der Waals surface area contributed by atoms with E-state index in [-0.39, 0.29) is 23.0 Å². The summed E-state index contributed by atoms with van der Waals surface area (Å²) in [6.45, 7) is 0.918. The molecule has 0 bridgehead atoms. The van der Waals surface area contributed by atoms with Gasteiger partial charge in [0.15, 0.2) is 5.82 Å². The monoisotopic (exact) mass is 377 g/mol. The summed E-state index contributed by atoms with van der Waals surface area (Å²) in [6, 6.07) is 5.30. The highest BCUT2D eigenvalue weighted by Gasteiger charge is 2.35. The van der Waals surface area contributed by atoms with E-state index in [2.05, 4.69) is 20.4 Å². The van der Waals surface area contributed by atoms with Crippen molar-refractivity contribution < 1.29 is 22.4 Å². The molecular weight excluding hydrogens is 366 g/mol. The third kappa shape index (κ3) is 3.14. The van der Waals surface area contributed by atoms with Gasteiger partial charge in [0.2, 0.25) is 0 Å². The fourth-order valence-electron chi connectivity index (χ4n) is 2.84. The van der Waals surface area contributed by atoms with Crippen LogP contribution in [0.3, 0.4) is 0 Å². The molecule has 1 aliphatic heterocycles. The van der Waals surface area contributed by atoms with E-state index < -0.39 is 17.6 Å². The lowest BCUT2D eigenvalue weighted by molar-refractivity contribution is -0.137. The molecule has 0 atom stereocenters. The van der Waals surface area contributed by atoms with E-state index in [0.717, 1.165) is 12.1 Å². The van der Waals surface area contributed by atoms with Crippen molar-refractivity contribution in [3.05, 3.63) is 53.6 Å². The molecule has 0 saturated carbocycles. The third-order valence-corrected chi connectivity index (χ3v) is 4.07. The number of carbonyl (C=O) groups is 1. The smallest absolute Gasteiger partial charge is 0.349 e. The van der Waals surface area contributed by atoms with Crippen LogP contribution in [-0.4, -0.2) is 32.2 Å². The third-order valence-electron chi connectivity index (χ3n) is 4.07. The van der Waals surface area contributed by atoms with Crippen LogP contribution in [0.25, 0.3) is 22.8 Å². The first-order chi connectivity index (χ1) is 12.8. The lowest BCUT2D eigenvalue weighted by Crippen LogP contribution is -2.35. The second-order valence-corrected chi connectivity index (χ2v) is 5.85. The standard InChI is InChI=1S/C17H11F4N5O/c18-9-1-2-10(11(7-9)17(19,20)21)15-22-4-3-12(24-15)13-8-14-16(27)23-5-6-26(14)25-13/h1-4,7-8H,5-6H2,(H,23,27). The van der Waals surface area contributed by atoms with Gasteiger partial charge in [-0.1, -0.05) is 0 Å². The van der Waals surface area contributed by atoms with Crippen molar-refractivity contribution in [1.29, 1.82) is 0 Å². The molecule has 3 aromatic rings. The molecule has 2 aromatic heterocycles. The van der Waals surface area contributed by atoms with Crippen LogP contribution in [0.5, 0.6) is 0 Å². The summed E-state index contributed by atoms with van der Waals surface area (Å²) < 4.78 is 54.6. The first kappa shape index (κ1) is 17.1. The van der Waals surface area contributed by atoms with E-state index in [0.29, 0.717) is 30.5 Å². The number of nitrogens with one attached hydrogen (secondary N) is 1. The Bertz CT molecular complexity index is 1040. The molecule has 1 amide bonds. The highest BCUT2D eigenvalue weighted by atomic mass is 19.4. The zero-order valence-electron chi connectivity index (χ0n) is 13.6. The van der Waals surface area contributed by atoms with Crippen molar-refractivity contribution in [3.63, 3.8) is 0 Å². The molecule has 0 spiro atoms. The maximum Gasteiger partial charge on any atom is 0.417 e. The van der Waals surface area contributed by atoms with E-state index in [1.807, 2.05) is 0 Å². The minimum absolute atomic E-state index is 0.213. The molecule has 10 heteroatoms. The first-order valence-corrected chi connectivity index (χ1v) is 7.89. The number of hydrogen-bond donors (Lipinski definition) is 1. The van der Waals surface area contributed by atoms with E-state index in [1.165, 1.54) is 23.0 Å². The number of nitrogens with zero attached hydrogens (tertiary/aromatic N) is 4. The van der Waals surface area contributed by atoms with Gasteiger partial charge in [-0.15, -0.1) is 0 Å². The summed E-state index contributed by atoms with van der Waals surface area (Å²) in [5.74, 6) is -1.50. The predicted octanol–water partition coefficient (Wildman–Crippen LogP) is 2.91. The Labute approximate surface area is 149 Å². The van der Waals surface area contributed by atoms with Gasteiger partial charge in [-0.2, -0.15) is 18.3 Å². The molecule has 6 nitrogen and oxygen atoms in total. The molecule has 27 heavy (non-hydrogen) atoms. The van der Waals surface area contributed by atoms with E-state index in [9.17, 15) is 22.4 Å². The van der Waals surface area contributed by atoms with Gasteiger partial charge < -0.3 is 5.32 Å². The van der Waals surface area contributed by atoms with Gasteiger partial charge in [0.1, 0.15) is 17.2 Å². The van der Waals surface area contributed by atoms with Crippen LogP contribution in [0.15, 0.2) is 36.5 Å². The first-order valence-electron chi connectivity index (χ1n) is 7.89. The molecule has 0 fully saturated rings. The normalized spacial score (nSPS) is 14.0. The predicted molar refractivity (Wildman–Crippen MR) is 86.0 cm³/mol. The Hall–Kier alpha value is -3.30. The van der Waals surface area contributed by atoms with E-state index in [1.54, 1.807) is 0 Å². The minimum Gasteiger partial charge on any atom is -0.349 e. The van der Waals surface area contributed by atoms with Gasteiger partial charge in [-0.25, -0.2) is 14.4 Å². The van der Waals surface area contributed by atoms with Crippen molar-refractivity contribution in [2.45, 2.75) is 12.7 Å². The van der Waals surface area contributed by atoms with Gasteiger partial charge in [0.25, 0.3) is 5.91 Å². The summed E-state index contributed by atoms with van der Waals surface area (Å²) in [4.78, 5) is 19.9. The largest absolute Gasteiger partial charge is 0.417 e. The van der Waals surface area contributed by atoms with Gasteiger partial charge in [-0.3, -0.25) is 9.48 Å². The number of benzene rings is 1. The molecule has 0 unspecified atom stereocenters. The Balaban J connectivity index is 1.80. The van der Waals surface area contributed by atoms with Crippen molar-refractivity contribution in [3.8, 4) is 22.8 Å². The molecule has 4 rings (SSSR count). The summed E-state index contributed by atoms with van der Waals surface area (Å²) in [5, 5.41) is 6.95. The number of aromatic nitrogens is 4. The van der Waals surface area contributed by atoms with Gasteiger partial charge in [0.05, 0.1) is 17.8 Å². The molecule has 0 radical (unpaired) electrons. The molecule has 1 N–H and O–H groups in total. The van der Waals surface area contributed by atoms with Crippen LogP contribution in [0, 0.1) is 5.82 Å². The number of fused-ring (bicyclic) bond motifs is 1. The molecule has 1 aliphatic rings. The van der Waals surface area contributed by atoms with Crippen LogP contribution in [0.2, 0.25) is 0 Å². The fraction of sp³-hybridized carbons (Fsp3) is 0.176. The molecule has 138 valence electrons. The van der Waals surface area contributed by atoms with Crippen molar-refractivity contribution in [1.82, 2.24) is 25.1 Å². The zero-order valence-corrected chi connectivity index (χ0v) is 13.6.